The lowest BCUT2D eigenvalue weighted by atomic mass is 9.92. The van der Waals surface area contributed by atoms with Gasteiger partial charge in [-0.25, -0.2) is 19.9 Å². The molecule has 1 aliphatic heterocycles. The molecule has 0 saturated carbocycles. The Morgan fingerprint density at radius 3 is 2.12 bits per heavy atom. The number of thioether (sulfide) groups is 1. The second-order valence-electron chi connectivity index (χ2n) is 7.38. The molecule has 0 aliphatic carbocycles. The summed E-state index contributed by atoms with van der Waals surface area (Å²) in [7, 11) is 0. The van der Waals surface area contributed by atoms with Gasteiger partial charge in [-0.15, -0.1) is 0 Å². The first kappa shape index (κ1) is 17.9. The zero-order chi connectivity index (χ0) is 18.0. The molecule has 1 aliphatic rings. The van der Waals surface area contributed by atoms with Crippen molar-refractivity contribution >= 4 is 23.5 Å². The lowest BCUT2D eigenvalue weighted by Crippen LogP contribution is -2.47. The number of anilines is 2. The van der Waals surface area contributed by atoms with Crippen LogP contribution in [0.3, 0.4) is 0 Å². The van der Waals surface area contributed by atoms with Crippen molar-refractivity contribution < 1.29 is 0 Å². The van der Waals surface area contributed by atoms with Gasteiger partial charge >= 0.3 is 0 Å². The summed E-state index contributed by atoms with van der Waals surface area (Å²) < 4.78 is 0. The first-order valence-electron chi connectivity index (χ1n) is 8.59. The molecular formula is C18H26N6S. The van der Waals surface area contributed by atoms with E-state index in [2.05, 4.69) is 51.6 Å². The minimum Gasteiger partial charge on any atom is -0.353 e. The average Bonchev–Trinajstić information content (AvgIpc) is 2.61. The van der Waals surface area contributed by atoms with E-state index in [1.165, 1.54) is 0 Å². The van der Waals surface area contributed by atoms with E-state index in [4.69, 9.17) is 4.98 Å². The Hall–Kier alpha value is -1.89. The van der Waals surface area contributed by atoms with Gasteiger partial charge in [0.1, 0.15) is 5.82 Å². The van der Waals surface area contributed by atoms with Crippen molar-refractivity contribution in [3.05, 3.63) is 29.7 Å². The van der Waals surface area contributed by atoms with Crippen LogP contribution in [0.15, 0.2) is 23.6 Å². The van der Waals surface area contributed by atoms with Crippen LogP contribution < -0.4 is 9.80 Å². The van der Waals surface area contributed by atoms with E-state index >= 15 is 0 Å². The van der Waals surface area contributed by atoms with Gasteiger partial charge in [0.25, 0.3) is 0 Å². The highest BCUT2D eigenvalue weighted by Gasteiger charge is 2.23. The smallest absolute Gasteiger partial charge is 0.225 e. The minimum absolute atomic E-state index is 0.0136. The maximum Gasteiger partial charge on any atom is 0.225 e. The molecule has 2 aromatic rings. The summed E-state index contributed by atoms with van der Waals surface area (Å²) in [5.41, 5.74) is 2.19. The fourth-order valence-corrected chi connectivity index (χ4v) is 3.11. The Balaban J connectivity index is 1.75. The quantitative estimate of drug-likeness (QED) is 0.617. The third-order valence-electron chi connectivity index (χ3n) is 4.30. The molecule has 0 amide bonds. The van der Waals surface area contributed by atoms with E-state index in [1.807, 2.05) is 25.6 Å². The Morgan fingerprint density at radius 2 is 1.56 bits per heavy atom. The zero-order valence-corrected chi connectivity index (χ0v) is 16.5. The minimum atomic E-state index is 0.0136. The highest BCUT2D eigenvalue weighted by molar-refractivity contribution is 7.98. The lowest BCUT2D eigenvalue weighted by molar-refractivity contribution is 0.555. The highest BCUT2D eigenvalue weighted by atomic mass is 32.2. The van der Waals surface area contributed by atoms with E-state index < -0.39 is 0 Å². The molecule has 0 bridgehead atoms. The topological polar surface area (TPSA) is 58.0 Å². The summed E-state index contributed by atoms with van der Waals surface area (Å²) in [4.78, 5) is 22.9. The third-order valence-corrected chi connectivity index (χ3v) is 4.84. The number of aromatic nitrogens is 4. The molecular weight excluding hydrogens is 332 g/mol. The fraction of sp³-hybridized carbons (Fsp3) is 0.556. The van der Waals surface area contributed by atoms with E-state index in [-0.39, 0.29) is 5.41 Å². The number of piperazine rings is 1. The Kier molecular flexibility index (Phi) is 5.13. The maximum absolute atomic E-state index is 4.73. The van der Waals surface area contributed by atoms with Crippen molar-refractivity contribution in [1.29, 1.82) is 0 Å². The molecule has 0 atom stereocenters. The molecule has 3 heterocycles. The first-order valence-corrected chi connectivity index (χ1v) is 9.81. The number of hydrogen-bond acceptors (Lipinski definition) is 7. The fourth-order valence-electron chi connectivity index (χ4n) is 2.73. The Bertz CT molecular complexity index is 717. The van der Waals surface area contributed by atoms with E-state index in [0.29, 0.717) is 0 Å². The Morgan fingerprint density at radius 1 is 0.960 bits per heavy atom. The molecule has 0 aromatic carbocycles. The second kappa shape index (κ2) is 7.15. The van der Waals surface area contributed by atoms with Crippen LogP contribution in [0.4, 0.5) is 11.8 Å². The van der Waals surface area contributed by atoms with Crippen LogP contribution in [0.25, 0.3) is 0 Å². The number of aryl methyl sites for hydroxylation is 1. The van der Waals surface area contributed by atoms with Gasteiger partial charge in [-0.05, 0) is 18.7 Å². The molecule has 1 saturated heterocycles. The molecule has 6 nitrogen and oxygen atoms in total. The van der Waals surface area contributed by atoms with Crippen LogP contribution in [0.5, 0.6) is 0 Å². The molecule has 2 aromatic heterocycles. The van der Waals surface area contributed by atoms with Crippen LogP contribution in [-0.2, 0) is 5.41 Å². The van der Waals surface area contributed by atoms with Crippen molar-refractivity contribution in [1.82, 2.24) is 19.9 Å². The van der Waals surface area contributed by atoms with Crippen LogP contribution >= 0.6 is 11.8 Å². The van der Waals surface area contributed by atoms with Gasteiger partial charge in [0, 0.05) is 50.1 Å². The molecule has 1 fully saturated rings. The highest BCUT2D eigenvalue weighted by Crippen LogP contribution is 2.27. The average molecular weight is 359 g/mol. The number of hydrogen-bond donors (Lipinski definition) is 0. The summed E-state index contributed by atoms with van der Waals surface area (Å²) in [6.45, 7) is 12.2. The van der Waals surface area contributed by atoms with Crippen molar-refractivity contribution in [3.63, 3.8) is 0 Å². The molecule has 3 rings (SSSR count). The van der Waals surface area contributed by atoms with Crippen LogP contribution in [0.2, 0.25) is 0 Å². The summed E-state index contributed by atoms with van der Waals surface area (Å²) >= 11 is 1.60. The van der Waals surface area contributed by atoms with Gasteiger partial charge in [-0.1, -0.05) is 32.5 Å². The van der Waals surface area contributed by atoms with Crippen LogP contribution in [0.1, 0.15) is 32.0 Å². The maximum atomic E-state index is 4.73. The number of rotatable bonds is 3. The van der Waals surface area contributed by atoms with Gasteiger partial charge in [-0.2, -0.15) is 0 Å². The lowest BCUT2D eigenvalue weighted by Gasteiger charge is -2.35. The van der Waals surface area contributed by atoms with Crippen LogP contribution in [-0.4, -0.2) is 52.4 Å². The summed E-state index contributed by atoms with van der Waals surface area (Å²) in [5.74, 6) is 1.84. The molecule has 0 N–H and O–H groups in total. The van der Waals surface area contributed by atoms with Crippen molar-refractivity contribution in [2.45, 2.75) is 38.3 Å². The van der Waals surface area contributed by atoms with Crippen molar-refractivity contribution in [2.24, 2.45) is 0 Å². The van der Waals surface area contributed by atoms with E-state index in [1.54, 1.807) is 11.8 Å². The molecule has 0 spiro atoms. The van der Waals surface area contributed by atoms with Crippen molar-refractivity contribution in [3.8, 4) is 0 Å². The summed E-state index contributed by atoms with van der Waals surface area (Å²) in [6, 6.07) is 2.14. The van der Waals surface area contributed by atoms with Gasteiger partial charge in [0.05, 0.1) is 5.69 Å². The van der Waals surface area contributed by atoms with E-state index in [0.717, 1.165) is 54.4 Å². The SMILES string of the molecule is CSc1nc(N2CCN(c3ncc(C)cn3)CC2)cc(C(C)(C)C)n1. The first-order chi connectivity index (χ1) is 11.9. The second-order valence-corrected chi connectivity index (χ2v) is 8.16. The van der Waals surface area contributed by atoms with Gasteiger partial charge in [-0.3, -0.25) is 0 Å². The summed E-state index contributed by atoms with van der Waals surface area (Å²) in [5, 5.41) is 0.840. The summed E-state index contributed by atoms with van der Waals surface area (Å²) in [6.07, 6.45) is 5.77. The number of nitrogens with zero attached hydrogens (tertiary/aromatic N) is 6. The Labute approximate surface area is 154 Å². The monoisotopic (exact) mass is 358 g/mol. The van der Waals surface area contributed by atoms with Gasteiger partial charge in [0.15, 0.2) is 5.16 Å². The van der Waals surface area contributed by atoms with Gasteiger partial charge < -0.3 is 9.80 Å². The van der Waals surface area contributed by atoms with Gasteiger partial charge in [0.2, 0.25) is 5.95 Å². The predicted octanol–water partition coefficient (Wildman–Crippen LogP) is 2.92. The molecule has 25 heavy (non-hydrogen) atoms. The predicted molar refractivity (Wildman–Crippen MR) is 104 cm³/mol. The molecule has 7 heteroatoms. The van der Waals surface area contributed by atoms with Crippen LogP contribution in [0, 0.1) is 6.92 Å². The molecule has 134 valence electrons. The molecule has 0 radical (unpaired) electrons. The van der Waals surface area contributed by atoms with E-state index in [9.17, 15) is 0 Å². The standard InChI is InChI=1S/C18H26N6S/c1-13-11-19-16(20-12-13)24-8-6-23(7-9-24)15-10-14(18(2,3)4)21-17(22-15)25-5/h10-12H,6-9H2,1-5H3. The zero-order valence-electron chi connectivity index (χ0n) is 15.7. The normalized spacial score (nSPS) is 15.6. The third kappa shape index (κ3) is 4.21. The largest absolute Gasteiger partial charge is 0.353 e. The molecule has 0 unspecified atom stereocenters. The van der Waals surface area contributed by atoms with Crippen molar-refractivity contribution in [2.75, 3.05) is 42.2 Å².